The van der Waals surface area contributed by atoms with Crippen LogP contribution in [-0.2, 0) is 9.59 Å². The third kappa shape index (κ3) is 4.16. The zero-order valence-electron chi connectivity index (χ0n) is 13.9. The fourth-order valence-electron chi connectivity index (χ4n) is 2.66. The van der Waals surface area contributed by atoms with E-state index in [1.165, 1.54) is 0 Å². The highest BCUT2D eigenvalue weighted by Crippen LogP contribution is 2.25. The Morgan fingerprint density at radius 1 is 1.00 bits per heavy atom. The van der Waals surface area contributed by atoms with Crippen molar-refractivity contribution in [2.75, 3.05) is 38.7 Å². The lowest BCUT2D eigenvalue weighted by Crippen LogP contribution is -2.52. The minimum absolute atomic E-state index is 0.0109. The number of aryl methyl sites for hydroxylation is 2. The number of rotatable bonds is 4. The van der Waals surface area contributed by atoms with Crippen molar-refractivity contribution < 1.29 is 14.3 Å². The van der Waals surface area contributed by atoms with Crippen LogP contribution in [-0.4, -0.2) is 60.3 Å². The molecule has 0 N–H and O–H groups in total. The molecule has 1 fully saturated rings. The molecule has 2 amide bonds. The van der Waals surface area contributed by atoms with E-state index in [-0.39, 0.29) is 24.3 Å². The van der Waals surface area contributed by atoms with Gasteiger partial charge in [0.25, 0.3) is 5.91 Å². The van der Waals surface area contributed by atoms with Gasteiger partial charge in [-0.15, -0.1) is 11.6 Å². The van der Waals surface area contributed by atoms with E-state index in [9.17, 15) is 9.59 Å². The number of halogens is 1. The topological polar surface area (TPSA) is 49.9 Å². The number of amides is 2. The second-order valence-corrected chi connectivity index (χ2v) is 6.10. The molecule has 1 saturated heterocycles. The van der Waals surface area contributed by atoms with Gasteiger partial charge < -0.3 is 14.5 Å². The Hall–Kier alpha value is -1.75. The average molecular weight is 339 g/mol. The number of alkyl halides is 1. The molecule has 0 radical (unpaired) electrons. The fraction of sp³-hybridized carbons (Fsp3) is 0.529. The first-order valence-corrected chi connectivity index (χ1v) is 8.28. The lowest BCUT2D eigenvalue weighted by molar-refractivity contribution is -0.139. The van der Waals surface area contributed by atoms with Crippen molar-refractivity contribution in [3.8, 4) is 5.75 Å². The van der Waals surface area contributed by atoms with Gasteiger partial charge in [-0.05, 0) is 37.5 Å². The molecule has 0 bridgehead atoms. The highest BCUT2D eigenvalue weighted by molar-refractivity contribution is 6.27. The SMILES string of the molecule is Cc1ccc(C)c(OCC(=O)N2CCN(C(=O)CCl)CC2)c1C. The maximum Gasteiger partial charge on any atom is 0.260 e. The molecule has 23 heavy (non-hydrogen) atoms. The molecule has 1 heterocycles. The number of carbonyl (C=O) groups excluding carboxylic acids is 2. The van der Waals surface area contributed by atoms with Gasteiger partial charge in [-0.2, -0.15) is 0 Å². The summed E-state index contributed by atoms with van der Waals surface area (Å²) in [4.78, 5) is 27.2. The first kappa shape index (κ1) is 17.6. The Morgan fingerprint density at radius 2 is 1.52 bits per heavy atom. The van der Waals surface area contributed by atoms with Crippen LogP contribution in [0.3, 0.4) is 0 Å². The van der Waals surface area contributed by atoms with Gasteiger partial charge in [0.15, 0.2) is 6.61 Å². The summed E-state index contributed by atoms with van der Waals surface area (Å²) >= 11 is 5.55. The zero-order valence-corrected chi connectivity index (χ0v) is 14.7. The van der Waals surface area contributed by atoms with Crippen LogP contribution in [0, 0.1) is 20.8 Å². The Morgan fingerprint density at radius 3 is 2.09 bits per heavy atom. The minimum Gasteiger partial charge on any atom is -0.483 e. The molecule has 0 unspecified atom stereocenters. The van der Waals surface area contributed by atoms with Gasteiger partial charge in [-0.1, -0.05) is 12.1 Å². The molecule has 0 aliphatic carbocycles. The van der Waals surface area contributed by atoms with Crippen LogP contribution < -0.4 is 4.74 Å². The number of benzene rings is 1. The van der Waals surface area contributed by atoms with Crippen LogP contribution in [0.25, 0.3) is 0 Å². The Balaban J connectivity index is 1.89. The van der Waals surface area contributed by atoms with Gasteiger partial charge in [0, 0.05) is 26.2 Å². The minimum atomic E-state index is -0.0824. The molecule has 0 aromatic heterocycles. The van der Waals surface area contributed by atoms with Crippen molar-refractivity contribution in [1.29, 1.82) is 0 Å². The monoisotopic (exact) mass is 338 g/mol. The Kier molecular flexibility index (Phi) is 5.88. The summed E-state index contributed by atoms with van der Waals surface area (Å²) < 4.78 is 5.77. The quantitative estimate of drug-likeness (QED) is 0.788. The van der Waals surface area contributed by atoms with Crippen molar-refractivity contribution in [3.05, 3.63) is 28.8 Å². The van der Waals surface area contributed by atoms with Crippen molar-refractivity contribution in [3.63, 3.8) is 0 Å². The number of ether oxygens (including phenoxy) is 1. The Bertz CT molecular complexity index is 596. The second-order valence-electron chi connectivity index (χ2n) is 5.84. The van der Waals surface area contributed by atoms with E-state index in [0.29, 0.717) is 26.2 Å². The highest BCUT2D eigenvalue weighted by Gasteiger charge is 2.24. The molecule has 2 rings (SSSR count). The highest BCUT2D eigenvalue weighted by atomic mass is 35.5. The van der Waals surface area contributed by atoms with E-state index < -0.39 is 0 Å². The van der Waals surface area contributed by atoms with Crippen molar-refractivity contribution in [2.24, 2.45) is 0 Å². The van der Waals surface area contributed by atoms with Crippen LogP contribution in [0.15, 0.2) is 12.1 Å². The van der Waals surface area contributed by atoms with E-state index >= 15 is 0 Å². The molecule has 1 aliphatic rings. The van der Waals surface area contributed by atoms with Gasteiger partial charge in [-0.25, -0.2) is 0 Å². The summed E-state index contributed by atoms with van der Waals surface area (Å²) in [6.45, 7) is 8.12. The number of hydrogen-bond donors (Lipinski definition) is 0. The number of nitrogens with zero attached hydrogens (tertiary/aromatic N) is 2. The molecular formula is C17H23ClN2O3. The Labute approximate surface area is 142 Å². The smallest absolute Gasteiger partial charge is 0.260 e. The van der Waals surface area contributed by atoms with Crippen LogP contribution in [0.2, 0.25) is 0 Å². The van der Waals surface area contributed by atoms with E-state index in [4.69, 9.17) is 16.3 Å². The lowest BCUT2D eigenvalue weighted by atomic mass is 10.1. The maximum absolute atomic E-state index is 12.3. The molecule has 126 valence electrons. The molecule has 1 aromatic carbocycles. The molecule has 6 heteroatoms. The average Bonchev–Trinajstić information content (AvgIpc) is 2.57. The number of carbonyl (C=O) groups is 2. The van der Waals surface area contributed by atoms with Gasteiger partial charge in [0.1, 0.15) is 11.6 Å². The molecule has 0 atom stereocenters. The van der Waals surface area contributed by atoms with Gasteiger partial charge in [-0.3, -0.25) is 9.59 Å². The second kappa shape index (κ2) is 7.68. The zero-order chi connectivity index (χ0) is 17.0. The summed E-state index contributed by atoms with van der Waals surface area (Å²) in [7, 11) is 0. The standard InChI is InChI=1S/C17H23ClN2O3/c1-12-4-5-13(2)17(14(12)3)23-11-16(22)20-8-6-19(7-9-20)15(21)10-18/h4-5H,6-11H2,1-3H3. The predicted molar refractivity (Wildman–Crippen MR) is 90.0 cm³/mol. The van der Waals surface area contributed by atoms with Gasteiger partial charge in [0.2, 0.25) is 5.91 Å². The van der Waals surface area contributed by atoms with Gasteiger partial charge in [0.05, 0.1) is 0 Å². The lowest BCUT2D eigenvalue weighted by Gasteiger charge is -2.34. The summed E-state index contributed by atoms with van der Waals surface area (Å²) in [6.07, 6.45) is 0. The normalized spacial score (nSPS) is 14.8. The molecular weight excluding hydrogens is 316 g/mol. The first-order chi connectivity index (χ1) is 10.9. The van der Waals surface area contributed by atoms with E-state index in [2.05, 4.69) is 0 Å². The first-order valence-electron chi connectivity index (χ1n) is 7.75. The summed E-state index contributed by atoms with van der Waals surface area (Å²) in [6, 6.07) is 4.05. The van der Waals surface area contributed by atoms with E-state index in [1.54, 1.807) is 9.80 Å². The van der Waals surface area contributed by atoms with Crippen LogP contribution in [0.4, 0.5) is 0 Å². The fourth-order valence-corrected chi connectivity index (χ4v) is 2.83. The molecule has 0 saturated carbocycles. The summed E-state index contributed by atoms with van der Waals surface area (Å²) in [5.74, 6) is 0.641. The van der Waals surface area contributed by atoms with Crippen molar-refractivity contribution >= 4 is 23.4 Å². The third-order valence-electron chi connectivity index (χ3n) is 4.31. The summed E-state index contributed by atoms with van der Waals surface area (Å²) in [5, 5.41) is 0. The summed E-state index contributed by atoms with van der Waals surface area (Å²) in [5.41, 5.74) is 3.24. The molecule has 1 aliphatic heterocycles. The predicted octanol–water partition coefficient (Wildman–Crippen LogP) is 1.90. The van der Waals surface area contributed by atoms with Crippen LogP contribution >= 0.6 is 11.6 Å². The number of piperazine rings is 1. The van der Waals surface area contributed by atoms with E-state index in [1.807, 2.05) is 32.9 Å². The van der Waals surface area contributed by atoms with Gasteiger partial charge >= 0.3 is 0 Å². The molecule has 5 nitrogen and oxygen atoms in total. The van der Waals surface area contributed by atoms with Crippen LogP contribution in [0.5, 0.6) is 5.75 Å². The molecule has 0 spiro atoms. The van der Waals surface area contributed by atoms with Crippen LogP contribution in [0.1, 0.15) is 16.7 Å². The number of hydrogen-bond acceptors (Lipinski definition) is 3. The molecule has 1 aromatic rings. The third-order valence-corrected chi connectivity index (χ3v) is 4.54. The van der Waals surface area contributed by atoms with Crippen molar-refractivity contribution in [1.82, 2.24) is 9.80 Å². The largest absolute Gasteiger partial charge is 0.483 e. The van der Waals surface area contributed by atoms with E-state index in [0.717, 1.165) is 22.4 Å². The maximum atomic E-state index is 12.3. The van der Waals surface area contributed by atoms with Crippen molar-refractivity contribution in [2.45, 2.75) is 20.8 Å².